The third-order valence-electron chi connectivity index (χ3n) is 3.63. The second-order valence-corrected chi connectivity index (χ2v) is 5.96. The van der Waals surface area contributed by atoms with Gasteiger partial charge in [-0.3, -0.25) is 4.79 Å². The monoisotopic (exact) mass is 346 g/mol. The molecule has 1 fully saturated rings. The minimum Gasteiger partial charge on any atom is -0.349 e. The molecular formula is C14H20BrClN2O. The molecule has 0 unspecified atom stereocenters. The molecule has 19 heavy (non-hydrogen) atoms. The first-order valence-corrected chi connectivity index (χ1v) is 7.18. The number of nitrogens with one attached hydrogen (secondary N) is 1. The average Bonchev–Trinajstić information content (AvgIpc) is 2.81. The molecule has 0 saturated heterocycles. The summed E-state index contributed by atoms with van der Waals surface area (Å²) in [6.45, 7) is 0.541. The molecule has 1 aromatic carbocycles. The van der Waals surface area contributed by atoms with E-state index in [1.54, 1.807) is 0 Å². The summed E-state index contributed by atoms with van der Waals surface area (Å²) in [6, 6.07) is 7.84. The largest absolute Gasteiger partial charge is 0.349 e. The van der Waals surface area contributed by atoms with Crippen LogP contribution in [-0.4, -0.2) is 18.0 Å². The summed E-state index contributed by atoms with van der Waals surface area (Å²) >= 11 is 3.39. The van der Waals surface area contributed by atoms with Crippen LogP contribution in [0.4, 0.5) is 0 Å². The molecule has 1 aliphatic carbocycles. The predicted octanol–water partition coefficient (Wildman–Crippen LogP) is 2.80. The van der Waals surface area contributed by atoms with Crippen molar-refractivity contribution in [2.24, 2.45) is 5.73 Å². The smallest absolute Gasteiger partial charge is 0.224 e. The van der Waals surface area contributed by atoms with Crippen molar-refractivity contribution in [1.82, 2.24) is 5.32 Å². The molecule has 3 N–H and O–H groups in total. The molecule has 0 bridgehead atoms. The molecule has 0 heterocycles. The first kappa shape index (κ1) is 16.5. The molecule has 0 spiro atoms. The molecule has 106 valence electrons. The molecule has 0 aromatic heterocycles. The van der Waals surface area contributed by atoms with Gasteiger partial charge in [-0.2, -0.15) is 0 Å². The van der Waals surface area contributed by atoms with E-state index in [0.29, 0.717) is 13.0 Å². The van der Waals surface area contributed by atoms with Gasteiger partial charge in [0.2, 0.25) is 5.91 Å². The molecule has 1 amide bonds. The number of amides is 1. The summed E-state index contributed by atoms with van der Waals surface area (Å²) in [7, 11) is 0. The lowest BCUT2D eigenvalue weighted by Crippen LogP contribution is -2.52. The Hall–Kier alpha value is -0.580. The Morgan fingerprint density at radius 1 is 1.26 bits per heavy atom. The standard InChI is InChI=1S/C14H19BrN2O.ClH/c15-12-5-3-11(4-6-12)9-13(18)17-14(10-16)7-1-2-8-14;/h3-6H,1-2,7-10,16H2,(H,17,18);1H. The second kappa shape index (κ2) is 7.27. The number of carbonyl (C=O) groups is 1. The summed E-state index contributed by atoms with van der Waals surface area (Å²) in [4.78, 5) is 12.0. The van der Waals surface area contributed by atoms with Crippen LogP contribution in [0.5, 0.6) is 0 Å². The second-order valence-electron chi connectivity index (χ2n) is 5.04. The molecule has 5 heteroatoms. The van der Waals surface area contributed by atoms with Crippen LogP contribution in [0.2, 0.25) is 0 Å². The summed E-state index contributed by atoms with van der Waals surface area (Å²) in [5.74, 6) is 0.0738. The number of benzene rings is 1. The molecule has 1 aromatic rings. The minimum atomic E-state index is -0.146. The fraction of sp³-hybridized carbons (Fsp3) is 0.500. The van der Waals surface area contributed by atoms with Gasteiger partial charge in [-0.25, -0.2) is 0 Å². The summed E-state index contributed by atoms with van der Waals surface area (Å²) in [5, 5.41) is 3.13. The Morgan fingerprint density at radius 3 is 2.37 bits per heavy atom. The maximum Gasteiger partial charge on any atom is 0.224 e. The minimum absolute atomic E-state index is 0. The molecule has 0 radical (unpaired) electrons. The van der Waals surface area contributed by atoms with Gasteiger partial charge in [0.05, 0.1) is 12.0 Å². The van der Waals surface area contributed by atoms with Crippen LogP contribution < -0.4 is 11.1 Å². The highest BCUT2D eigenvalue weighted by molar-refractivity contribution is 9.10. The topological polar surface area (TPSA) is 55.1 Å². The van der Waals surface area contributed by atoms with Crippen LogP contribution >= 0.6 is 28.3 Å². The Balaban J connectivity index is 0.00000180. The maximum absolute atomic E-state index is 12.0. The van der Waals surface area contributed by atoms with Crippen molar-refractivity contribution < 1.29 is 4.79 Å². The van der Waals surface area contributed by atoms with Gasteiger partial charge in [-0.1, -0.05) is 40.9 Å². The van der Waals surface area contributed by atoms with E-state index >= 15 is 0 Å². The van der Waals surface area contributed by atoms with Crippen molar-refractivity contribution in [2.75, 3.05) is 6.54 Å². The normalized spacial score (nSPS) is 16.7. The van der Waals surface area contributed by atoms with Crippen LogP contribution in [0.1, 0.15) is 31.2 Å². The van der Waals surface area contributed by atoms with Crippen LogP contribution in [0.25, 0.3) is 0 Å². The molecule has 0 atom stereocenters. The summed E-state index contributed by atoms with van der Waals surface area (Å²) in [5.41, 5.74) is 6.69. The fourth-order valence-electron chi connectivity index (χ4n) is 2.56. The number of hydrogen-bond donors (Lipinski definition) is 2. The van der Waals surface area contributed by atoms with Gasteiger partial charge < -0.3 is 11.1 Å². The van der Waals surface area contributed by atoms with Gasteiger partial charge in [-0.05, 0) is 30.5 Å². The SMILES string of the molecule is Cl.NCC1(NC(=O)Cc2ccc(Br)cc2)CCCC1. The third-order valence-corrected chi connectivity index (χ3v) is 4.16. The Bertz CT molecular complexity index is 416. The van der Waals surface area contributed by atoms with Crippen LogP contribution in [0.3, 0.4) is 0 Å². The highest BCUT2D eigenvalue weighted by atomic mass is 79.9. The highest BCUT2D eigenvalue weighted by Crippen LogP contribution is 2.28. The van der Waals surface area contributed by atoms with Crippen LogP contribution in [-0.2, 0) is 11.2 Å². The van der Waals surface area contributed by atoms with E-state index in [-0.39, 0.29) is 23.9 Å². The van der Waals surface area contributed by atoms with E-state index in [2.05, 4.69) is 21.2 Å². The fourth-order valence-corrected chi connectivity index (χ4v) is 2.82. The number of hydrogen-bond acceptors (Lipinski definition) is 2. The number of nitrogens with two attached hydrogens (primary N) is 1. The zero-order chi connectivity index (χ0) is 13.0. The van der Waals surface area contributed by atoms with E-state index in [4.69, 9.17) is 5.73 Å². The van der Waals surface area contributed by atoms with Crippen molar-refractivity contribution in [2.45, 2.75) is 37.6 Å². The van der Waals surface area contributed by atoms with E-state index < -0.39 is 0 Å². The van der Waals surface area contributed by atoms with E-state index in [9.17, 15) is 4.79 Å². The first-order chi connectivity index (χ1) is 8.63. The maximum atomic E-state index is 12.0. The summed E-state index contributed by atoms with van der Waals surface area (Å²) < 4.78 is 1.03. The van der Waals surface area contributed by atoms with Crippen molar-refractivity contribution in [1.29, 1.82) is 0 Å². The molecule has 1 aliphatic rings. The van der Waals surface area contributed by atoms with Crippen LogP contribution in [0.15, 0.2) is 28.7 Å². The Morgan fingerprint density at radius 2 is 1.84 bits per heavy atom. The average molecular weight is 348 g/mol. The zero-order valence-electron chi connectivity index (χ0n) is 10.8. The number of rotatable bonds is 4. The van der Waals surface area contributed by atoms with Gasteiger partial charge in [-0.15, -0.1) is 12.4 Å². The lowest BCUT2D eigenvalue weighted by Gasteiger charge is -2.28. The lowest BCUT2D eigenvalue weighted by atomic mass is 9.97. The van der Waals surface area contributed by atoms with Gasteiger partial charge in [0.1, 0.15) is 0 Å². The van der Waals surface area contributed by atoms with Crippen molar-refractivity contribution in [3.63, 3.8) is 0 Å². The molecule has 0 aliphatic heterocycles. The quantitative estimate of drug-likeness (QED) is 0.880. The van der Waals surface area contributed by atoms with Crippen LogP contribution in [0, 0.1) is 0 Å². The summed E-state index contributed by atoms with van der Waals surface area (Å²) in [6.07, 6.45) is 4.77. The molecular weight excluding hydrogens is 328 g/mol. The van der Waals surface area contributed by atoms with Crippen molar-refractivity contribution >= 4 is 34.2 Å². The first-order valence-electron chi connectivity index (χ1n) is 6.39. The third kappa shape index (κ3) is 4.48. The van der Waals surface area contributed by atoms with Gasteiger partial charge in [0.15, 0.2) is 0 Å². The highest BCUT2D eigenvalue weighted by Gasteiger charge is 2.33. The molecule has 3 nitrogen and oxygen atoms in total. The molecule has 1 saturated carbocycles. The van der Waals surface area contributed by atoms with E-state index in [1.807, 2.05) is 24.3 Å². The Kier molecular flexibility index (Phi) is 6.30. The van der Waals surface area contributed by atoms with Gasteiger partial charge in [0.25, 0.3) is 0 Å². The molecule has 2 rings (SSSR count). The lowest BCUT2D eigenvalue weighted by molar-refractivity contribution is -0.122. The Labute approximate surface area is 128 Å². The van der Waals surface area contributed by atoms with E-state index in [1.165, 1.54) is 0 Å². The number of carbonyl (C=O) groups excluding carboxylic acids is 1. The number of halogens is 2. The van der Waals surface area contributed by atoms with Gasteiger partial charge in [0, 0.05) is 11.0 Å². The predicted molar refractivity (Wildman–Crippen MR) is 83.5 cm³/mol. The van der Waals surface area contributed by atoms with Gasteiger partial charge >= 0.3 is 0 Å². The van der Waals surface area contributed by atoms with Crippen molar-refractivity contribution in [3.8, 4) is 0 Å². The van der Waals surface area contributed by atoms with E-state index in [0.717, 1.165) is 35.7 Å². The van der Waals surface area contributed by atoms with Crippen molar-refractivity contribution in [3.05, 3.63) is 34.3 Å². The zero-order valence-corrected chi connectivity index (χ0v) is 13.2.